The van der Waals surface area contributed by atoms with Crippen molar-refractivity contribution in [3.63, 3.8) is 0 Å². The van der Waals surface area contributed by atoms with Gasteiger partial charge in [0.05, 0.1) is 18.5 Å². The van der Waals surface area contributed by atoms with Gasteiger partial charge >= 0.3 is 6.18 Å². The minimum Gasteiger partial charge on any atom is -0.493 e. The molecule has 1 aliphatic rings. The number of carbonyl (C=O) groups is 1. The number of anilines is 1. The fraction of sp³-hybridized carbons (Fsp3) is 0.208. The lowest BCUT2D eigenvalue weighted by Gasteiger charge is -2.20. The van der Waals surface area contributed by atoms with E-state index in [-0.39, 0.29) is 17.2 Å². The number of fused-ring (bicyclic) bond motifs is 3. The monoisotopic (exact) mass is 482 g/mol. The molecule has 180 valence electrons. The van der Waals surface area contributed by atoms with Crippen molar-refractivity contribution >= 4 is 23.9 Å². The van der Waals surface area contributed by atoms with Crippen molar-refractivity contribution in [1.82, 2.24) is 14.9 Å². The summed E-state index contributed by atoms with van der Waals surface area (Å²) in [5, 5.41) is 18.6. The van der Waals surface area contributed by atoms with Gasteiger partial charge in [-0.15, -0.1) is 0 Å². The molecule has 0 spiro atoms. The van der Waals surface area contributed by atoms with E-state index >= 15 is 0 Å². The molecule has 3 N–H and O–H groups in total. The summed E-state index contributed by atoms with van der Waals surface area (Å²) in [6, 6.07) is 11.8. The first-order chi connectivity index (χ1) is 16.8. The van der Waals surface area contributed by atoms with Gasteiger partial charge in [-0.3, -0.25) is 20.6 Å². The molecule has 35 heavy (non-hydrogen) atoms. The highest BCUT2D eigenvalue weighted by Gasteiger charge is 2.32. The number of nitrogens with zero attached hydrogens (tertiary/aromatic N) is 3. The van der Waals surface area contributed by atoms with Crippen LogP contribution in [0.4, 0.5) is 19.0 Å². The third-order valence-corrected chi connectivity index (χ3v) is 5.34. The molecule has 0 aliphatic carbocycles. The van der Waals surface area contributed by atoms with Crippen molar-refractivity contribution in [3.05, 3.63) is 71.7 Å². The second-order valence-electron chi connectivity index (χ2n) is 7.73. The fourth-order valence-electron chi connectivity index (χ4n) is 3.52. The van der Waals surface area contributed by atoms with Crippen LogP contribution >= 0.6 is 0 Å². The van der Waals surface area contributed by atoms with E-state index in [4.69, 9.17) is 15.6 Å². The summed E-state index contributed by atoms with van der Waals surface area (Å²) in [5.41, 5.74) is 0.384. The molecule has 0 unspecified atom stereocenters. The normalized spacial score (nSPS) is 14.9. The maximum absolute atomic E-state index is 13.2. The highest BCUT2D eigenvalue weighted by Crippen LogP contribution is 2.31. The number of rotatable bonds is 2. The number of aromatic nitrogens is 2. The van der Waals surface area contributed by atoms with E-state index in [0.29, 0.717) is 48.6 Å². The van der Waals surface area contributed by atoms with E-state index in [1.165, 1.54) is 17.0 Å². The van der Waals surface area contributed by atoms with Crippen LogP contribution in [0.5, 0.6) is 5.75 Å². The number of hydrogen-bond acceptors (Lipinski definition) is 6. The van der Waals surface area contributed by atoms with Crippen molar-refractivity contribution < 1.29 is 22.7 Å². The van der Waals surface area contributed by atoms with Gasteiger partial charge in [0.2, 0.25) is 0 Å². The van der Waals surface area contributed by atoms with Crippen LogP contribution in [-0.4, -0.2) is 46.1 Å². The van der Waals surface area contributed by atoms with E-state index in [9.17, 15) is 18.0 Å². The van der Waals surface area contributed by atoms with Gasteiger partial charge in [0.25, 0.3) is 5.91 Å². The standard InChI is InChI=1S/C24H21F3N6O2/c25-24(26,27)20-9-7-16(13-30-20)15-6-8-19-17(12-15)23(34)32-21-5-3-4-18(31-21)22(29)33(14-28)10-1-2-11-35-19/h3-9,12-14,28-29H,1-2,10-11H2,(H,31,32,34). The van der Waals surface area contributed by atoms with Gasteiger partial charge in [-0.2, -0.15) is 13.2 Å². The SMILES string of the molecule is N=CN1CCCCOc2ccc(-c3ccc(C(F)(F)F)nc3)cc2C(=O)Nc2cccc(n2)C1=N. The molecule has 3 heterocycles. The third-order valence-electron chi connectivity index (χ3n) is 5.34. The van der Waals surface area contributed by atoms with Gasteiger partial charge in [0, 0.05) is 18.3 Å². The summed E-state index contributed by atoms with van der Waals surface area (Å²) in [7, 11) is 0. The zero-order valence-corrected chi connectivity index (χ0v) is 18.4. The Morgan fingerprint density at radius 3 is 2.60 bits per heavy atom. The molecule has 1 aromatic carbocycles. The van der Waals surface area contributed by atoms with E-state index in [0.717, 1.165) is 18.6 Å². The number of halogens is 3. The predicted molar refractivity (Wildman–Crippen MR) is 124 cm³/mol. The number of carbonyl (C=O) groups excluding carboxylic acids is 1. The summed E-state index contributed by atoms with van der Waals surface area (Å²) in [5.74, 6) is 0.0215. The Hall–Kier alpha value is -4.28. The van der Waals surface area contributed by atoms with Gasteiger partial charge in [-0.25, -0.2) is 4.98 Å². The van der Waals surface area contributed by atoms with E-state index in [2.05, 4.69) is 15.3 Å². The molecule has 11 heteroatoms. The lowest BCUT2D eigenvalue weighted by molar-refractivity contribution is -0.141. The number of ether oxygens (including phenoxy) is 1. The van der Waals surface area contributed by atoms with Crippen molar-refractivity contribution in [2.24, 2.45) is 0 Å². The van der Waals surface area contributed by atoms with Gasteiger partial charge < -0.3 is 15.0 Å². The van der Waals surface area contributed by atoms with Gasteiger partial charge in [0.15, 0.2) is 5.84 Å². The second kappa shape index (κ2) is 9.92. The summed E-state index contributed by atoms with van der Waals surface area (Å²) in [6.07, 6.45) is -1.13. The molecule has 3 aromatic rings. The van der Waals surface area contributed by atoms with Crippen LogP contribution in [0.1, 0.15) is 34.6 Å². The molecule has 0 saturated carbocycles. The highest BCUT2D eigenvalue weighted by atomic mass is 19.4. The van der Waals surface area contributed by atoms with Crippen LogP contribution in [0.2, 0.25) is 0 Å². The van der Waals surface area contributed by atoms with Crippen LogP contribution in [0.15, 0.2) is 54.7 Å². The molecule has 0 saturated heterocycles. The molecule has 2 bridgehead atoms. The number of amides is 1. The molecule has 0 radical (unpaired) electrons. The number of alkyl halides is 3. The lowest BCUT2D eigenvalue weighted by atomic mass is 10.0. The van der Waals surface area contributed by atoms with E-state index in [1.807, 2.05) is 0 Å². The number of amidine groups is 1. The van der Waals surface area contributed by atoms with Gasteiger partial charge in [-0.1, -0.05) is 18.2 Å². The molecule has 0 fully saturated rings. The maximum Gasteiger partial charge on any atom is 0.433 e. The fourth-order valence-corrected chi connectivity index (χ4v) is 3.52. The van der Waals surface area contributed by atoms with Crippen molar-refractivity contribution in [2.75, 3.05) is 18.5 Å². The zero-order chi connectivity index (χ0) is 25.0. The van der Waals surface area contributed by atoms with Crippen molar-refractivity contribution in [1.29, 1.82) is 10.8 Å². The first kappa shape index (κ1) is 23.9. The minimum atomic E-state index is -4.54. The zero-order valence-electron chi connectivity index (χ0n) is 18.4. The lowest BCUT2D eigenvalue weighted by Crippen LogP contribution is -2.31. The summed E-state index contributed by atoms with van der Waals surface area (Å²) in [6.45, 7) is 0.723. The largest absolute Gasteiger partial charge is 0.493 e. The summed E-state index contributed by atoms with van der Waals surface area (Å²) in [4.78, 5) is 22.4. The molecular weight excluding hydrogens is 461 g/mol. The smallest absolute Gasteiger partial charge is 0.433 e. The Kier molecular flexibility index (Phi) is 6.76. The molecule has 4 rings (SSSR count). The molecule has 1 amide bonds. The van der Waals surface area contributed by atoms with Crippen LogP contribution < -0.4 is 10.1 Å². The Labute approximate surface area is 198 Å². The second-order valence-corrected chi connectivity index (χ2v) is 7.73. The van der Waals surface area contributed by atoms with Crippen LogP contribution in [0, 0.1) is 10.8 Å². The van der Waals surface area contributed by atoms with Crippen LogP contribution in [0.25, 0.3) is 11.1 Å². The number of pyridine rings is 2. The quantitative estimate of drug-likeness (QED) is 0.358. The minimum absolute atomic E-state index is 0.0339. The number of benzene rings is 1. The Balaban J connectivity index is 1.69. The predicted octanol–water partition coefficient (Wildman–Crippen LogP) is 4.82. The summed E-state index contributed by atoms with van der Waals surface area (Å²) >= 11 is 0. The molecular formula is C24H21F3N6O2. The Bertz CT molecular complexity index is 1260. The summed E-state index contributed by atoms with van der Waals surface area (Å²) < 4.78 is 44.4. The number of nitrogens with one attached hydrogen (secondary N) is 3. The molecule has 2 aromatic heterocycles. The topological polar surface area (TPSA) is 115 Å². The van der Waals surface area contributed by atoms with Crippen LogP contribution in [0.3, 0.4) is 0 Å². The van der Waals surface area contributed by atoms with E-state index < -0.39 is 17.8 Å². The highest BCUT2D eigenvalue weighted by molar-refractivity contribution is 6.07. The van der Waals surface area contributed by atoms with Crippen molar-refractivity contribution in [2.45, 2.75) is 19.0 Å². The molecule has 8 nitrogen and oxygen atoms in total. The third kappa shape index (κ3) is 5.45. The first-order valence-corrected chi connectivity index (χ1v) is 10.7. The average Bonchev–Trinajstić information content (AvgIpc) is 2.85. The maximum atomic E-state index is 13.2. The molecule has 1 aliphatic heterocycles. The van der Waals surface area contributed by atoms with Gasteiger partial charge in [-0.05, 0) is 48.7 Å². The van der Waals surface area contributed by atoms with Crippen LogP contribution in [-0.2, 0) is 6.18 Å². The number of hydrogen-bond donors (Lipinski definition) is 3. The molecule has 0 atom stereocenters. The first-order valence-electron chi connectivity index (χ1n) is 10.7. The Morgan fingerprint density at radius 1 is 1.09 bits per heavy atom. The van der Waals surface area contributed by atoms with E-state index in [1.54, 1.807) is 30.3 Å². The van der Waals surface area contributed by atoms with Gasteiger partial charge in [0.1, 0.15) is 23.0 Å². The Morgan fingerprint density at radius 2 is 1.89 bits per heavy atom. The van der Waals surface area contributed by atoms with Crippen molar-refractivity contribution in [3.8, 4) is 16.9 Å². The average molecular weight is 482 g/mol.